The van der Waals surface area contributed by atoms with Gasteiger partial charge in [-0.3, -0.25) is 0 Å². The van der Waals surface area contributed by atoms with Crippen LogP contribution in [0.2, 0.25) is 13.1 Å². The normalized spacial score (nSPS) is 30.0. The summed E-state index contributed by atoms with van der Waals surface area (Å²) in [5.74, 6) is 6.89. The Bertz CT molecular complexity index is 2440. The predicted octanol–water partition coefficient (Wildman–Crippen LogP) is 10.1. The largest absolute Gasteiger partial charge is 1.00 e. The van der Waals surface area contributed by atoms with E-state index in [2.05, 4.69) is 129 Å². The molecule has 0 amide bonds. The van der Waals surface area contributed by atoms with Crippen LogP contribution in [-0.2, 0) is 34.2 Å². The van der Waals surface area contributed by atoms with Crippen molar-refractivity contribution in [2.45, 2.75) is 139 Å². The maximum Gasteiger partial charge on any atom is -0.00391 e. The summed E-state index contributed by atoms with van der Waals surface area (Å²) >= 11 is 1.74. The molecular weight excluding hydrogens is 887 g/mol. The van der Waals surface area contributed by atoms with Gasteiger partial charge in [-0.1, -0.05) is 91.6 Å². The molecule has 9 saturated carbocycles. The molecule has 4 heteroatoms. The van der Waals surface area contributed by atoms with Gasteiger partial charge < -0.3 is 24.8 Å². The van der Waals surface area contributed by atoms with Gasteiger partial charge in [0.1, 0.15) is 0 Å². The molecule has 62 heavy (non-hydrogen) atoms. The smallest absolute Gasteiger partial charge is 0.00391 e. The predicted molar refractivity (Wildman–Crippen MR) is 253 cm³/mol. The Kier molecular flexibility index (Phi) is 13.2. The van der Waals surface area contributed by atoms with Crippen molar-refractivity contribution in [1.82, 2.24) is 0 Å². The average Bonchev–Trinajstić information content (AvgIpc) is 4.00. The average molecular weight is 953 g/mol. The van der Waals surface area contributed by atoms with Crippen LogP contribution in [0.1, 0.15) is 131 Å². The van der Waals surface area contributed by atoms with Gasteiger partial charge in [0.2, 0.25) is 0 Å². The van der Waals surface area contributed by atoms with Crippen molar-refractivity contribution in [3.05, 3.63) is 131 Å². The van der Waals surface area contributed by atoms with Gasteiger partial charge in [0, 0.05) is 0 Å². The van der Waals surface area contributed by atoms with Gasteiger partial charge in [0.05, 0.1) is 0 Å². The summed E-state index contributed by atoms with van der Waals surface area (Å²) in [5.41, 5.74) is 13.0. The van der Waals surface area contributed by atoms with E-state index in [1.165, 1.54) is 152 Å². The molecule has 0 aromatic heterocycles. The zero-order valence-corrected chi connectivity index (χ0v) is 42.5. The first-order valence-electron chi connectivity index (χ1n) is 24.3. The van der Waals surface area contributed by atoms with Crippen molar-refractivity contribution in [2.75, 3.05) is 0 Å². The number of fused-ring (bicyclic) bond motifs is 2. The monoisotopic (exact) mass is 950 g/mol. The minimum Gasteiger partial charge on any atom is -1.00 e. The third-order valence-electron chi connectivity index (χ3n) is 17.2. The topological polar surface area (TPSA) is 0 Å². The van der Waals surface area contributed by atoms with Gasteiger partial charge in [0.15, 0.2) is 0 Å². The standard InChI is InChI=1S/C30H33.C26H27.C2H6Si.2ClH.Zr/c1-2-5-23(4-1)26-15-25-6-3-7-28(29(25)16-26)24-8-10-27(11-9-24)30-17-20-12-21(18-30)14-22(13-20)19-30;1-17-9-22-3-2-4-24(25(22)10-17)21-5-7-23(8-6-21)26-14-18-11-19(15-26)13-20(12-18)16-26;1-3-2;;;/h3,6-11,15-16,20-23H,1-2,4-5,12-14,17-19H2;2-10,18-20H,11-16H2,1H3;1-2H3;2*1H;/q2*-1;;;;+2/p-2. The van der Waals surface area contributed by atoms with Gasteiger partial charge in [-0.15, -0.1) is 69.1 Å². The number of rotatable bonds is 5. The van der Waals surface area contributed by atoms with E-state index in [4.69, 9.17) is 0 Å². The van der Waals surface area contributed by atoms with Gasteiger partial charge in [-0.2, -0.15) is 12.1 Å². The Morgan fingerprint density at radius 2 is 0.887 bits per heavy atom. The maximum atomic E-state index is 2.51. The Labute approximate surface area is 400 Å². The summed E-state index contributed by atoms with van der Waals surface area (Å²) in [6.45, 7) is 6.81. The number of halogens is 2. The first kappa shape index (κ1) is 45.0. The molecule has 9 aliphatic carbocycles. The molecule has 0 radical (unpaired) electrons. The number of aryl methyl sites for hydroxylation is 1. The van der Waals surface area contributed by atoms with E-state index in [9.17, 15) is 0 Å². The molecule has 0 unspecified atom stereocenters. The third-order valence-corrected chi connectivity index (χ3v) is 17.2. The second-order valence-electron chi connectivity index (χ2n) is 22.0. The Morgan fingerprint density at radius 1 is 0.516 bits per heavy atom. The van der Waals surface area contributed by atoms with Crippen LogP contribution in [0.3, 0.4) is 0 Å². The molecule has 0 atom stereocenters. The van der Waals surface area contributed by atoms with Crippen molar-refractivity contribution in [2.24, 2.45) is 35.5 Å². The van der Waals surface area contributed by atoms with Gasteiger partial charge in [-0.25, -0.2) is 0 Å². The van der Waals surface area contributed by atoms with Crippen LogP contribution < -0.4 is 24.8 Å². The number of hydrogen-bond donors (Lipinski definition) is 0. The van der Waals surface area contributed by atoms with Crippen molar-refractivity contribution in [3.63, 3.8) is 0 Å². The van der Waals surface area contributed by atoms with E-state index in [0.717, 1.165) is 41.4 Å². The van der Waals surface area contributed by atoms with E-state index in [1.54, 1.807) is 40.0 Å². The van der Waals surface area contributed by atoms with Crippen LogP contribution in [0.15, 0.2) is 109 Å². The molecule has 0 spiro atoms. The molecule has 0 N–H and O–H groups in total. The molecule has 0 nitrogen and oxygen atoms in total. The molecule has 322 valence electrons. The minimum absolute atomic E-state index is 0. The molecule has 15 rings (SSSR count). The molecule has 9 fully saturated rings. The summed E-state index contributed by atoms with van der Waals surface area (Å²) in [6.07, 6.45) is 23.5. The molecular formula is C58H66Cl2SiZr-2. The quantitative estimate of drug-likeness (QED) is 0.119. The fraction of sp³-hybridized carbons (Fsp3) is 0.483. The van der Waals surface area contributed by atoms with Crippen LogP contribution in [0, 0.1) is 42.4 Å². The molecule has 0 aliphatic heterocycles. The Hall–Kier alpha value is -2.22. The molecule has 0 heterocycles. The first-order chi connectivity index (χ1) is 29.2. The van der Waals surface area contributed by atoms with E-state index >= 15 is 0 Å². The molecule has 6 aromatic carbocycles. The molecule has 6 aromatic rings. The molecule has 8 bridgehead atoms. The Balaban J connectivity index is 0.000000143. The number of benzene rings is 4. The summed E-state index contributed by atoms with van der Waals surface area (Å²) in [4.78, 5) is 0. The molecule has 9 aliphatic rings. The van der Waals surface area contributed by atoms with Crippen LogP contribution in [0.4, 0.5) is 0 Å². The van der Waals surface area contributed by atoms with E-state index in [-0.39, 0.29) is 30.2 Å². The van der Waals surface area contributed by atoms with Crippen LogP contribution in [0.5, 0.6) is 0 Å². The number of hydrogen-bond acceptors (Lipinski definition) is 0. The van der Waals surface area contributed by atoms with Gasteiger partial charge in [-0.05, 0) is 164 Å². The SMILES string of the molecule is C[Si](C)=[Zr+2].Cc1cc2c(-c3ccc(C45CC6CC(CC(C6)C4)C5)cc3)cccc2[cH-]1.[Cl-].[Cl-].c1cc(-c2ccc(C34CC5CC(CC(C5)C3)C4)cc2)c2cc(C3CCCC3)[cH-]c2c1. The summed E-state index contributed by atoms with van der Waals surface area (Å²) in [6, 6.07) is 42.8. The first-order valence-corrected chi connectivity index (χ1v) is 30.5. The van der Waals surface area contributed by atoms with Crippen LogP contribution in [-0.4, -0.2) is 5.43 Å². The van der Waals surface area contributed by atoms with Crippen molar-refractivity contribution >= 4 is 27.0 Å². The van der Waals surface area contributed by atoms with Crippen molar-refractivity contribution in [3.8, 4) is 22.3 Å². The fourth-order valence-corrected chi connectivity index (χ4v) is 15.6. The summed E-state index contributed by atoms with van der Waals surface area (Å²) < 4.78 is 0. The molecule has 0 saturated heterocycles. The van der Waals surface area contributed by atoms with Crippen molar-refractivity contribution in [1.29, 1.82) is 0 Å². The summed E-state index contributed by atoms with van der Waals surface area (Å²) in [5, 5.41) is 5.65. The van der Waals surface area contributed by atoms with Crippen LogP contribution >= 0.6 is 0 Å². The van der Waals surface area contributed by atoms with E-state index in [0.29, 0.717) is 10.8 Å². The minimum atomic E-state index is 0. The second kappa shape index (κ2) is 18.2. The fourth-order valence-electron chi connectivity index (χ4n) is 15.6. The Morgan fingerprint density at radius 3 is 1.29 bits per heavy atom. The second-order valence-corrected chi connectivity index (χ2v) is 31.3. The van der Waals surface area contributed by atoms with E-state index < -0.39 is 0 Å². The third kappa shape index (κ3) is 8.65. The zero-order chi connectivity index (χ0) is 40.6. The van der Waals surface area contributed by atoms with Crippen LogP contribution in [0.25, 0.3) is 43.8 Å². The zero-order valence-electron chi connectivity index (χ0n) is 37.5. The summed E-state index contributed by atoms with van der Waals surface area (Å²) in [7, 11) is 0. The van der Waals surface area contributed by atoms with E-state index in [1.807, 2.05) is 0 Å². The van der Waals surface area contributed by atoms with Gasteiger partial charge in [0.25, 0.3) is 0 Å². The van der Waals surface area contributed by atoms with Gasteiger partial charge >= 0.3 is 41.9 Å². The van der Waals surface area contributed by atoms with Crippen molar-refractivity contribution < 1.29 is 48.1 Å². The maximum absolute atomic E-state index is 2.51.